The molecule has 0 spiro atoms. The van der Waals surface area contributed by atoms with Gasteiger partial charge in [-0.25, -0.2) is 8.42 Å². The number of nitrogens with zero attached hydrogens (tertiary/aromatic N) is 4. The van der Waals surface area contributed by atoms with E-state index < -0.39 is 9.84 Å². The molecule has 8 nitrogen and oxygen atoms in total. The summed E-state index contributed by atoms with van der Waals surface area (Å²) in [5, 5.41) is 7.51. The Morgan fingerprint density at radius 2 is 2.29 bits per heavy atom. The molecule has 9 heteroatoms. The lowest BCUT2D eigenvalue weighted by Gasteiger charge is -1.93. The van der Waals surface area contributed by atoms with E-state index in [0.29, 0.717) is 5.69 Å². The summed E-state index contributed by atoms with van der Waals surface area (Å²) in [4.78, 5) is 3.94. The topological polar surface area (TPSA) is 117 Å². The van der Waals surface area contributed by atoms with Crippen molar-refractivity contribution in [2.45, 2.75) is 12.3 Å². The van der Waals surface area contributed by atoms with E-state index in [1.54, 1.807) is 6.20 Å². The molecule has 0 saturated heterocycles. The minimum Gasteiger partial charge on any atom is -0.396 e. The Balaban J connectivity index is 2.08. The Labute approximate surface area is 97.3 Å². The molecule has 0 fully saturated rings. The molecule has 0 radical (unpaired) electrons. The van der Waals surface area contributed by atoms with Crippen LogP contribution in [0.1, 0.15) is 11.7 Å². The first-order chi connectivity index (χ1) is 7.92. The summed E-state index contributed by atoms with van der Waals surface area (Å²) >= 11 is 0. The standard InChI is InChI=1S/C8H11N5O3S/c1-17(14,15)5-7-11-8(16-12-7)4-13-3-6(9)2-10-13/h2-3H,4-5,9H2,1H3. The molecule has 0 unspecified atom stereocenters. The lowest BCUT2D eigenvalue weighted by Crippen LogP contribution is -2.03. The number of rotatable bonds is 4. The predicted molar refractivity (Wildman–Crippen MR) is 58.6 cm³/mol. The van der Waals surface area contributed by atoms with Crippen molar-refractivity contribution >= 4 is 15.5 Å². The summed E-state index contributed by atoms with van der Waals surface area (Å²) in [6.07, 6.45) is 4.21. The van der Waals surface area contributed by atoms with E-state index in [0.717, 1.165) is 6.26 Å². The van der Waals surface area contributed by atoms with Gasteiger partial charge in [-0.1, -0.05) is 5.16 Å². The van der Waals surface area contributed by atoms with Crippen molar-refractivity contribution < 1.29 is 12.9 Å². The summed E-state index contributed by atoms with van der Waals surface area (Å²) in [6.45, 7) is 0.258. The van der Waals surface area contributed by atoms with Gasteiger partial charge in [-0.2, -0.15) is 10.1 Å². The molecule has 0 aliphatic carbocycles. The van der Waals surface area contributed by atoms with E-state index in [4.69, 9.17) is 10.3 Å². The van der Waals surface area contributed by atoms with Crippen LogP contribution in [0.25, 0.3) is 0 Å². The fraction of sp³-hybridized carbons (Fsp3) is 0.375. The van der Waals surface area contributed by atoms with Crippen LogP contribution in [0, 0.1) is 0 Å². The average Bonchev–Trinajstić information content (AvgIpc) is 2.74. The smallest absolute Gasteiger partial charge is 0.248 e. The molecular weight excluding hydrogens is 246 g/mol. The second-order valence-corrected chi connectivity index (χ2v) is 5.79. The Hall–Kier alpha value is -1.90. The maximum atomic E-state index is 11.0. The molecule has 2 heterocycles. The average molecular weight is 257 g/mol. The highest BCUT2D eigenvalue weighted by Gasteiger charge is 2.12. The second-order valence-electron chi connectivity index (χ2n) is 3.65. The molecule has 0 aromatic carbocycles. The number of hydrogen-bond acceptors (Lipinski definition) is 7. The van der Waals surface area contributed by atoms with Crippen molar-refractivity contribution in [3.05, 3.63) is 24.1 Å². The molecule has 2 rings (SSSR count). The van der Waals surface area contributed by atoms with Gasteiger partial charge < -0.3 is 10.3 Å². The highest BCUT2D eigenvalue weighted by Crippen LogP contribution is 2.05. The fourth-order valence-electron chi connectivity index (χ4n) is 1.25. The summed E-state index contributed by atoms with van der Waals surface area (Å²) in [6, 6.07) is 0. The van der Waals surface area contributed by atoms with Crippen LogP contribution in [0.5, 0.6) is 0 Å². The minimum atomic E-state index is -3.16. The lowest BCUT2D eigenvalue weighted by atomic mass is 10.6. The molecule has 0 aliphatic rings. The molecule has 0 saturated carbocycles. The van der Waals surface area contributed by atoms with Crippen LogP contribution >= 0.6 is 0 Å². The van der Waals surface area contributed by atoms with Crippen molar-refractivity contribution in [3.8, 4) is 0 Å². The van der Waals surface area contributed by atoms with Crippen molar-refractivity contribution in [3.63, 3.8) is 0 Å². The SMILES string of the molecule is CS(=O)(=O)Cc1noc(Cn2cc(N)cn2)n1. The van der Waals surface area contributed by atoms with Crippen molar-refractivity contribution in [1.82, 2.24) is 19.9 Å². The van der Waals surface area contributed by atoms with E-state index in [2.05, 4.69) is 15.2 Å². The highest BCUT2D eigenvalue weighted by molar-refractivity contribution is 7.89. The van der Waals surface area contributed by atoms with Crippen molar-refractivity contribution in [2.75, 3.05) is 12.0 Å². The Bertz CT molecular complexity index is 615. The minimum absolute atomic E-state index is 0.141. The molecule has 92 valence electrons. The van der Waals surface area contributed by atoms with Crippen LogP contribution in [-0.2, 0) is 22.1 Å². The van der Waals surface area contributed by atoms with Crippen LogP contribution in [0.15, 0.2) is 16.9 Å². The normalized spacial score (nSPS) is 11.8. The largest absolute Gasteiger partial charge is 0.396 e. The molecule has 0 bridgehead atoms. The number of hydrogen-bond donors (Lipinski definition) is 1. The zero-order valence-electron chi connectivity index (χ0n) is 9.07. The maximum Gasteiger partial charge on any atom is 0.248 e. The third kappa shape index (κ3) is 3.28. The molecule has 0 atom stereocenters. The van der Waals surface area contributed by atoms with E-state index in [9.17, 15) is 8.42 Å². The Kier molecular flexibility index (Phi) is 2.84. The van der Waals surface area contributed by atoms with Crippen molar-refractivity contribution in [2.24, 2.45) is 0 Å². The molecule has 0 amide bonds. The number of sulfone groups is 1. The van der Waals surface area contributed by atoms with E-state index >= 15 is 0 Å². The van der Waals surface area contributed by atoms with Gasteiger partial charge in [-0.15, -0.1) is 0 Å². The van der Waals surface area contributed by atoms with E-state index in [1.807, 2.05) is 0 Å². The molecule has 2 aromatic heterocycles. The van der Waals surface area contributed by atoms with Gasteiger partial charge in [0.25, 0.3) is 0 Å². The number of nitrogens with two attached hydrogens (primary N) is 1. The third-order valence-electron chi connectivity index (χ3n) is 1.85. The fourth-order valence-corrected chi connectivity index (χ4v) is 1.84. The van der Waals surface area contributed by atoms with Gasteiger partial charge in [-0.05, 0) is 0 Å². The number of nitrogen functional groups attached to an aromatic ring is 1. The van der Waals surface area contributed by atoms with E-state index in [1.165, 1.54) is 10.9 Å². The van der Waals surface area contributed by atoms with Crippen LogP contribution in [0.4, 0.5) is 5.69 Å². The Morgan fingerprint density at radius 3 is 2.88 bits per heavy atom. The summed E-state index contributed by atoms with van der Waals surface area (Å²) in [5.41, 5.74) is 6.02. The number of aromatic nitrogens is 4. The van der Waals surface area contributed by atoms with Gasteiger partial charge in [0.2, 0.25) is 5.89 Å². The van der Waals surface area contributed by atoms with Crippen LogP contribution in [0.2, 0.25) is 0 Å². The zero-order chi connectivity index (χ0) is 12.5. The van der Waals surface area contributed by atoms with Gasteiger partial charge in [0.15, 0.2) is 15.7 Å². The predicted octanol–water partition coefficient (Wildman–Crippen LogP) is -0.559. The van der Waals surface area contributed by atoms with Crippen molar-refractivity contribution in [1.29, 1.82) is 0 Å². The maximum absolute atomic E-state index is 11.0. The lowest BCUT2D eigenvalue weighted by molar-refractivity contribution is 0.362. The molecule has 2 aromatic rings. The zero-order valence-corrected chi connectivity index (χ0v) is 9.88. The van der Waals surface area contributed by atoms with Gasteiger partial charge >= 0.3 is 0 Å². The molecule has 17 heavy (non-hydrogen) atoms. The monoisotopic (exact) mass is 257 g/mol. The number of anilines is 1. The van der Waals surface area contributed by atoms with Gasteiger partial charge in [0, 0.05) is 12.5 Å². The quantitative estimate of drug-likeness (QED) is 0.780. The molecule has 0 aliphatic heterocycles. The highest BCUT2D eigenvalue weighted by atomic mass is 32.2. The van der Waals surface area contributed by atoms with Crippen LogP contribution in [-0.4, -0.2) is 34.6 Å². The first-order valence-corrected chi connectivity index (χ1v) is 6.75. The van der Waals surface area contributed by atoms with Crippen LogP contribution < -0.4 is 5.73 Å². The molecular formula is C8H11N5O3S. The summed E-state index contributed by atoms with van der Waals surface area (Å²) in [5.74, 6) is 0.187. The van der Waals surface area contributed by atoms with Gasteiger partial charge in [0.05, 0.1) is 11.9 Å². The van der Waals surface area contributed by atoms with Gasteiger partial charge in [0.1, 0.15) is 12.3 Å². The van der Waals surface area contributed by atoms with Crippen LogP contribution in [0.3, 0.4) is 0 Å². The first kappa shape index (κ1) is 11.6. The Morgan fingerprint density at radius 1 is 1.53 bits per heavy atom. The summed E-state index contributed by atoms with van der Waals surface area (Å²) in [7, 11) is -3.16. The first-order valence-electron chi connectivity index (χ1n) is 4.69. The third-order valence-corrected chi connectivity index (χ3v) is 2.63. The second kappa shape index (κ2) is 4.17. The summed E-state index contributed by atoms with van der Waals surface area (Å²) < 4.78 is 28.4. The van der Waals surface area contributed by atoms with E-state index in [-0.39, 0.29) is 24.0 Å². The molecule has 2 N–H and O–H groups in total. The van der Waals surface area contributed by atoms with Gasteiger partial charge in [-0.3, -0.25) is 4.68 Å².